The number of Topliss-reactive ketones (excluding diaryl/α,β-unsaturated/α-hetero) is 1. The minimum absolute atomic E-state index is 0.110. The molecular formula is C19H18ClNO5. The number of nitrogens with one attached hydrogen (secondary N) is 1. The lowest BCUT2D eigenvalue weighted by Crippen LogP contribution is -2.29. The van der Waals surface area contributed by atoms with E-state index in [1.54, 1.807) is 48.5 Å². The van der Waals surface area contributed by atoms with Crippen LogP contribution >= 0.6 is 11.6 Å². The van der Waals surface area contributed by atoms with Crippen molar-refractivity contribution in [1.29, 1.82) is 0 Å². The Morgan fingerprint density at radius 3 is 2.46 bits per heavy atom. The van der Waals surface area contributed by atoms with Gasteiger partial charge in [-0.3, -0.25) is 9.59 Å². The van der Waals surface area contributed by atoms with E-state index in [-0.39, 0.29) is 5.78 Å². The molecule has 0 aromatic heterocycles. The second kappa shape index (κ2) is 9.01. The normalized spacial score (nSPS) is 11.3. The van der Waals surface area contributed by atoms with Gasteiger partial charge in [-0.15, -0.1) is 0 Å². The predicted octanol–water partition coefficient (Wildman–Crippen LogP) is 3.49. The Balaban J connectivity index is 1.82. The summed E-state index contributed by atoms with van der Waals surface area (Å²) < 4.78 is 10.4. The van der Waals surface area contributed by atoms with Gasteiger partial charge >= 0.3 is 5.97 Å². The molecule has 0 spiro atoms. The largest absolute Gasteiger partial charge is 0.479 e. The number of halogens is 1. The fraction of sp³-hybridized carbons (Fsp3) is 0.211. The number of hydrogen-bond donors (Lipinski definition) is 1. The van der Waals surface area contributed by atoms with Gasteiger partial charge in [-0.2, -0.15) is 0 Å². The van der Waals surface area contributed by atoms with Gasteiger partial charge in [0.25, 0.3) is 5.91 Å². The Hall–Kier alpha value is -2.86. The molecule has 1 amide bonds. The molecule has 0 unspecified atom stereocenters. The zero-order valence-corrected chi connectivity index (χ0v) is 15.1. The highest BCUT2D eigenvalue weighted by Crippen LogP contribution is 2.17. The lowest BCUT2D eigenvalue weighted by molar-refractivity contribution is -0.153. The molecule has 1 N–H and O–H groups in total. The van der Waals surface area contributed by atoms with E-state index in [1.807, 2.05) is 0 Å². The minimum atomic E-state index is -0.884. The lowest BCUT2D eigenvalue weighted by atomic mass is 10.1. The average Bonchev–Trinajstić information content (AvgIpc) is 2.61. The van der Waals surface area contributed by atoms with E-state index in [9.17, 15) is 14.4 Å². The molecule has 0 bridgehead atoms. The van der Waals surface area contributed by atoms with Gasteiger partial charge in [0.1, 0.15) is 5.75 Å². The number of carbonyl (C=O) groups excluding carboxylic acids is 3. The molecule has 2 rings (SSSR count). The predicted molar refractivity (Wildman–Crippen MR) is 97.6 cm³/mol. The van der Waals surface area contributed by atoms with E-state index >= 15 is 0 Å². The van der Waals surface area contributed by atoms with Gasteiger partial charge in [-0.1, -0.05) is 23.7 Å². The molecule has 0 saturated heterocycles. The van der Waals surface area contributed by atoms with Crippen LogP contribution in [0.15, 0.2) is 48.5 Å². The lowest BCUT2D eigenvalue weighted by Gasteiger charge is -2.14. The van der Waals surface area contributed by atoms with E-state index in [0.717, 1.165) is 0 Å². The highest BCUT2D eigenvalue weighted by Gasteiger charge is 2.18. The molecule has 7 heteroatoms. The van der Waals surface area contributed by atoms with E-state index in [0.29, 0.717) is 22.0 Å². The summed E-state index contributed by atoms with van der Waals surface area (Å²) in [5.41, 5.74) is 0.925. The topological polar surface area (TPSA) is 81.7 Å². The zero-order valence-electron chi connectivity index (χ0n) is 14.3. The van der Waals surface area contributed by atoms with Crippen molar-refractivity contribution in [3.63, 3.8) is 0 Å². The Morgan fingerprint density at radius 1 is 1.12 bits per heavy atom. The van der Waals surface area contributed by atoms with Crippen LogP contribution in [0.5, 0.6) is 5.75 Å². The molecule has 0 radical (unpaired) electrons. The molecule has 2 aromatic carbocycles. The van der Waals surface area contributed by atoms with Crippen molar-refractivity contribution in [3.8, 4) is 5.75 Å². The molecule has 6 nitrogen and oxygen atoms in total. The van der Waals surface area contributed by atoms with Crippen molar-refractivity contribution in [2.24, 2.45) is 0 Å². The molecule has 0 aliphatic carbocycles. The molecule has 0 heterocycles. The molecule has 1 atom stereocenters. The summed E-state index contributed by atoms with van der Waals surface area (Å²) >= 11 is 5.78. The van der Waals surface area contributed by atoms with Crippen molar-refractivity contribution < 1.29 is 23.9 Å². The SMILES string of the molecule is CC(=O)c1cccc(NC(=O)COC(=O)[C@@H](C)Oc2ccc(Cl)cc2)c1. The number of carbonyl (C=O) groups is 3. The van der Waals surface area contributed by atoms with Crippen LogP contribution in [0.3, 0.4) is 0 Å². The fourth-order valence-corrected chi connectivity index (χ4v) is 2.16. The number of ketones is 1. The number of amides is 1. The Labute approximate surface area is 156 Å². The molecule has 0 fully saturated rings. The number of hydrogen-bond acceptors (Lipinski definition) is 5. The van der Waals surface area contributed by atoms with Gasteiger partial charge in [-0.05, 0) is 50.2 Å². The second-order valence-corrected chi connectivity index (χ2v) is 5.94. The zero-order chi connectivity index (χ0) is 19.1. The summed E-state index contributed by atoms with van der Waals surface area (Å²) in [6, 6.07) is 13.0. The first-order valence-electron chi connectivity index (χ1n) is 7.85. The number of benzene rings is 2. The third-order valence-corrected chi connectivity index (χ3v) is 3.61. The quantitative estimate of drug-likeness (QED) is 0.591. The molecule has 2 aromatic rings. The van der Waals surface area contributed by atoms with Gasteiger partial charge in [-0.25, -0.2) is 4.79 Å². The van der Waals surface area contributed by atoms with Crippen molar-refractivity contribution >= 4 is 34.9 Å². The van der Waals surface area contributed by atoms with Gasteiger partial charge in [0, 0.05) is 16.3 Å². The van der Waals surface area contributed by atoms with Crippen molar-refractivity contribution in [2.45, 2.75) is 20.0 Å². The van der Waals surface area contributed by atoms with Crippen LogP contribution in [-0.2, 0) is 14.3 Å². The maximum absolute atomic E-state index is 11.9. The molecule has 0 aliphatic heterocycles. The van der Waals surface area contributed by atoms with Gasteiger partial charge in [0.2, 0.25) is 0 Å². The molecule has 0 aliphatic rings. The van der Waals surface area contributed by atoms with Crippen LogP contribution in [0.4, 0.5) is 5.69 Å². The Bertz CT molecular complexity index is 804. The highest BCUT2D eigenvalue weighted by atomic mass is 35.5. The summed E-state index contributed by atoms with van der Waals surface area (Å²) in [5, 5.41) is 3.12. The van der Waals surface area contributed by atoms with E-state index < -0.39 is 24.6 Å². The summed E-state index contributed by atoms with van der Waals surface area (Å²) in [7, 11) is 0. The molecular weight excluding hydrogens is 358 g/mol. The summed E-state index contributed by atoms with van der Waals surface area (Å²) in [4.78, 5) is 35.1. The molecule has 0 saturated carbocycles. The van der Waals surface area contributed by atoms with Crippen LogP contribution in [0.2, 0.25) is 5.02 Å². The number of anilines is 1. The van der Waals surface area contributed by atoms with Crippen molar-refractivity contribution in [1.82, 2.24) is 0 Å². The average molecular weight is 376 g/mol. The van der Waals surface area contributed by atoms with Crippen LogP contribution < -0.4 is 10.1 Å². The summed E-state index contributed by atoms with van der Waals surface area (Å²) in [6.45, 7) is 2.49. The van der Waals surface area contributed by atoms with Crippen molar-refractivity contribution in [2.75, 3.05) is 11.9 Å². The summed E-state index contributed by atoms with van der Waals surface area (Å²) in [6.07, 6.45) is -0.884. The van der Waals surface area contributed by atoms with Gasteiger partial charge in [0.05, 0.1) is 0 Å². The van der Waals surface area contributed by atoms with E-state index in [2.05, 4.69) is 5.32 Å². The van der Waals surface area contributed by atoms with Gasteiger partial charge < -0.3 is 14.8 Å². The van der Waals surface area contributed by atoms with Crippen LogP contribution in [0.25, 0.3) is 0 Å². The third-order valence-electron chi connectivity index (χ3n) is 3.36. The van der Waals surface area contributed by atoms with Gasteiger partial charge in [0.15, 0.2) is 18.5 Å². The standard InChI is InChI=1S/C19H18ClNO5/c1-12(22)14-4-3-5-16(10-14)21-18(23)11-25-19(24)13(2)26-17-8-6-15(20)7-9-17/h3-10,13H,11H2,1-2H3,(H,21,23)/t13-/m1/s1. The summed E-state index contributed by atoms with van der Waals surface area (Å²) in [5.74, 6) is -0.838. The molecule has 26 heavy (non-hydrogen) atoms. The number of rotatable bonds is 7. The molecule has 136 valence electrons. The smallest absolute Gasteiger partial charge is 0.347 e. The maximum atomic E-state index is 11.9. The van der Waals surface area contributed by atoms with E-state index in [1.165, 1.54) is 13.8 Å². The fourth-order valence-electron chi connectivity index (χ4n) is 2.03. The second-order valence-electron chi connectivity index (χ2n) is 5.51. The van der Waals surface area contributed by atoms with Crippen LogP contribution in [0.1, 0.15) is 24.2 Å². The minimum Gasteiger partial charge on any atom is -0.479 e. The number of esters is 1. The first kappa shape index (κ1) is 19.5. The van der Waals surface area contributed by atoms with Crippen molar-refractivity contribution in [3.05, 3.63) is 59.1 Å². The Kier molecular flexibility index (Phi) is 6.74. The maximum Gasteiger partial charge on any atom is 0.347 e. The number of ether oxygens (including phenoxy) is 2. The monoisotopic (exact) mass is 375 g/mol. The van der Waals surface area contributed by atoms with Crippen LogP contribution in [-0.4, -0.2) is 30.4 Å². The van der Waals surface area contributed by atoms with Crippen LogP contribution in [0, 0.1) is 0 Å². The van der Waals surface area contributed by atoms with E-state index in [4.69, 9.17) is 21.1 Å². The Morgan fingerprint density at radius 2 is 1.81 bits per heavy atom. The highest BCUT2D eigenvalue weighted by molar-refractivity contribution is 6.30. The first-order chi connectivity index (χ1) is 12.3. The first-order valence-corrected chi connectivity index (χ1v) is 8.22. The third kappa shape index (κ3) is 5.89.